The third-order valence-corrected chi connectivity index (χ3v) is 4.47. The van der Waals surface area contributed by atoms with E-state index in [0.717, 1.165) is 13.0 Å². The molecule has 0 radical (unpaired) electrons. The van der Waals surface area contributed by atoms with Crippen LogP contribution in [0.2, 0.25) is 0 Å². The third kappa shape index (κ3) is 4.75. The maximum atomic E-state index is 11.3. The summed E-state index contributed by atoms with van der Waals surface area (Å²) in [5, 5.41) is 8.78. The Hall–Kier alpha value is -0.920. The minimum Gasteiger partial charge on any atom is -0.399 e. The fourth-order valence-electron chi connectivity index (χ4n) is 1.43. The molecule has 18 heavy (non-hydrogen) atoms. The molecule has 102 valence electrons. The normalized spacial score (nSPS) is 13.3. The van der Waals surface area contributed by atoms with Crippen molar-refractivity contribution in [1.29, 1.82) is 0 Å². The number of anilines is 2. The van der Waals surface area contributed by atoms with Crippen molar-refractivity contribution < 1.29 is 8.42 Å². The lowest BCUT2D eigenvalue weighted by Gasteiger charge is -2.11. The zero-order chi connectivity index (χ0) is 13.8. The quantitative estimate of drug-likeness (QED) is 0.689. The number of nitrogens with one attached hydrogen (secondary N) is 1. The van der Waals surface area contributed by atoms with E-state index in [9.17, 15) is 8.42 Å². The van der Waals surface area contributed by atoms with Crippen molar-refractivity contribution in [3.8, 4) is 0 Å². The summed E-state index contributed by atoms with van der Waals surface area (Å²) in [6, 6.07) is 4.54. The molecule has 0 saturated heterocycles. The maximum Gasteiger partial charge on any atom is 0.238 e. The highest BCUT2D eigenvalue weighted by molar-refractivity contribution is 7.99. The number of benzene rings is 1. The van der Waals surface area contributed by atoms with E-state index in [1.807, 2.05) is 0 Å². The Balaban J connectivity index is 2.75. The molecular formula is C11H19N3O2S2. The van der Waals surface area contributed by atoms with E-state index in [1.165, 1.54) is 12.1 Å². The first kappa shape index (κ1) is 15.1. The van der Waals surface area contributed by atoms with Crippen LogP contribution in [0, 0.1) is 0 Å². The Kier molecular flexibility index (Phi) is 5.30. The fraction of sp³-hybridized carbons (Fsp3) is 0.455. The first-order valence-electron chi connectivity index (χ1n) is 5.53. The SMILES string of the molecule is CSC(C)CCNc1cc(N)cc(S(N)(=O)=O)c1. The van der Waals surface area contributed by atoms with E-state index < -0.39 is 10.0 Å². The molecule has 0 amide bonds. The highest BCUT2D eigenvalue weighted by atomic mass is 32.2. The molecular weight excluding hydrogens is 270 g/mol. The van der Waals surface area contributed by atoms with Crippen LogP contribution in [0.5, 0.6) is 0 Å². The molecule has 1 rings (SSSR count). The molecule has 0 spiro atoms. The minimum atomic E-state index is -3.72. The molecule has 0 bridgehead atoms. The lowest BCUT2D eigenvalue weighted by molar-refractivity contribution is 0.598. The van der Waals surface area contributed by atoms with E-state index in [4.69, 9.17) is 10.9 Å². The summed E-state index contributed by atoms with van der Waals surface area (Å²) in [5.41, 5.74) is 6.70. The van der Waals surface area contributed by atoms with E-state index in [1.54, 1.807) is 17.8 Å². The van der Waals surface area contributed by atoms with E-state index in [-0.39, 0.29) is 4.90 Å². The third-order valence-electron chi connectivity index (χ3n) is 2.54. The molecule has 0 aliphatic rings. The topological polar surface area (TPSA) is 98.2 Å². The van der Waals surface area contributed by atoms with Gasteiger partial charge in [-0.25, -0.2) is 13.6 Å². The van der Waals surface area contributed by atoms with Crippen LogP contribution in [-0.4, -0.2) is 26.5 Å². The zero-order valence-electron chi connectivity index (χ0n) is 10.5. The largest absolute Gasteiger partial charge is 0.399 e. The zero-order valence-corrected chi connectivity index (χ0v) is 12.1. The highest BCUT2D eigenvalue weighted by Crippen LogP contribution is 2.20. The van der Waals surface area contributed by atoms with Crippen LogP contribution in [0.1, 0.15) is 13.3 Å². The Bertz CT molecular complexity index is 503. The molecule has 0 heterocycles. The number of thioether (sulfide) groups is 1. The van der Waals surface area contributed by atoms with Crippen LogP contribution in [0.15, 0.2) is 23.1 Å². The van der Waals surface area contributed by atoms with Gasteiger partial charge in [0.05, 0.1) is 4.90 Å². The second kappa shape index (κ2) is 6.31. The first-order valence-corrected chi connectivity index (χ1v) is 8.36. The second-order valence-corrected chi connectivity index (χ2v) is 6.94. The van der Waals surface area contributed by atoms with Gasteiger partial charge in [-0.1, -0.05) is 6.92 Å². The van der Waals surface area contributed by atoms with Gasteiger partial charge in [0.15, 0.2) is 0 Å². The molecule has 1 atom stereocenters. The number of nitrogen functional groups attached to an aromatic ring is 1. The lowest BCUT2D eigenvalue weighted by Crippen LogP contribution is -2.14. The van der Waals surface area contributed by atoms with Gasteiger partial charge < -0.3 is 11.1 Å². The molecule has 0 aliphatic carbocycles. The summed E-state index contributed by atoms with van der Waals surface area (Å²) < 4.78 is 22.5. The lowest BCUT2D eigenvalue weighted by atomic mass is 10.2. The van der Waals surface area contributed by atoms with Gasteiger partial charge in [0, 0.05) is 23.2 Å². The van der Waals surface area contributed by atoms with Gasteiger partial charge in [-0.05, 0) is 30.9 Å². The van der Waals surface area contributed by atoms with Crippen LogP contribution in [0.3, 0.4) is 0 Å². The molecule has 0 aromatic heterocycles. The molecule has 0 aliphatic heterocycles. The molecule has 7 heteroatoms. The standard InChI is InChI=1S/C11H19N3O2S2/c1-8(17-2)3-4-14-10-5-9(12)6-11(7-10)18(13,15)16/h5-8,14H,3-4,12H2,1-2H3,(H2,13,15,16). The van der Waals surface area contributed by atoms with Gasteiger partial charge in [0.1, 0.15) is 0 Å². The van der Waals surface area contributed by atoms with Gasteiger partial charge in [-0.15, -0.1) is 0 Å². The Morgan fingerprint density at radius 3 is 2.61 bits per heavy atom. The molecule has 1 aromatic rings. The monoisotopic (exact) mass is 289 g/mol. The Labute approximate surface area is 112 Å². The van der Waals surface area contributed by atoms with Crippen LogP contribution in [0.4, 0.5) is 11.4 Å². The summed E-state index contributed by atoms with van der Waals surface area (Å²) in [7, 11) is -3.72. The summed E-state index contributed by atoms with van der Waals surface area (Å²) in [6.45, 7) is 2.90. The van der Waals surface area contributed by atoms with Gasteiger partial charge in [0.25, 0.3) is 0 Å². The molecule has 1 aromatic carbocycles. The van der Waals surface area contributed by atoms with Crippen molar-refractivity contribution in [3.05, 3.63) is 18.2 Å². The Morgan fingerprint density at radius 1 is 1.39 bits per heavy atom. The molecule has 0 saturated carbocycles. The van der Waals surface area contributed by atoms with Crippen molar-refractivity contribution in [1.82, 2.24) is 0 Å². The number of primary sulfonamides is 1. The van der Waals surface area contributed by atoms with Crippen molar-refractivity contribution >= 4 is 33.2 Å². The van der Waals surface area contributed by atoms with E-state index in [0.29, 0.717) is 16.6 Å². The summed E-state index contributed by atoms with van der Waals surface area (Å²) >= 11 is 1.79. The molecule has 0 fully saturated rings. The average Bonchev–Trinajstić information content (AvgIpc) is 2.27. The van der Waals surface area contributed by atoms with Gasteiger partial charge in [-0.3, -0.25) is 0 Å². The van der Waals surface area contributed by atoms with Crippen LogP contribution >= 0.6 is 11.8 Å². The minimum absolute atomic E-state index is 0.0305. The van der Waals surface area contributed by atoms with E-state index >= 15 is 0 Å². The predicted molar refractivity (Wildman–Crippen MR) is 78.3 cm³/mol. The van der Waals surface area contributed by atoms with E-state index in [2.05, 4.69) is 18.5 Å². The van der Waals surface area contributed by atoms with Crippen molar-refractivity contribution in [2.24, 2.45) is 5.14 Å². The maximum absolute atomic E-state index is 11.3. The number of sulfonamides is 1. The first-order chi connectivity index (χ1) is 8.32. The molecule has 5 N–H and O–H groups in total. The van der Waals surface area contributed by atoms with Crippen LogP contribution in [-0.2, 0) is 10.0 Å². The summed E-state index contributed by atoms with van der Waals surface area (Å²) in [5.74, 6) is 0. The van der Waals surface area contributed by atoms with Gasteiger partial charge >= 0.3 is 0 Å². The van der Waals surface area contributed by atoms with Crippen molar-refractivity contribution in [2.75, 3.05) is 23.9 Å². The number of hydrogen-bond acceptors (Lipinski definition) is 5. The average molecular weight is 289 g/mol. The number of nitrogens with two attached hydrogens (primary N) is 2. The predicted octanol–water partition coefficient (Wildman–Crippen LogP) is 1.47. The van der Waals surface area contributed by atoms with Crippen molar-refractivity contribution in [3.63, 3.8) is 0 Å². The summed E-state index contributed by atoms with van der Waals surface area (Å²) in [4.78, 5) is 0.0305. The van der Waals surface area contributed by atoms with Gasteiger partial charge in [-0.2, -0.15) is 11.8 Å². The molecule has 5 nitrogen and oxygen atoms in total. The van der Waals surface area contributed by atoms with Crippen molar-refractivity contribution in [2.45, 2.75) is 23.5 Å². The highest BCUT2D eigenvalue weighted by Gasteiger charge is 2.10. The Morgan fingerprint density at radius 2 is 2.06 bits per heavy atom. The fourth-order valence-corrected chi connectivity index (χ4v) is 2.37. The smallest absolute Gasteiger partial charge is 0.238 e. The van der Waals surface area contributed by atoms with Crippen LogP contribution < -0.4 is 16.2 Å². The number of rotatable bonds is 6. The van der Waals surface area contributed by atoms with Gasteiger partial charge in [0.2, 0.25) is 10.0 Å². The molecule has 1 unspecified atom stereocenters. The summed E-state index contributed by atoms with van der Waals surface area (Å²) in [6.07, 6.45) is 3.05. The second-order valence-electron chi connectivity index (χ2n) is 4.10. The number of hydrogen-bond donors (Lipinski definition) is 3. The van der Waals surface area contributed by atoms with Crippen LogP contribution in [0.25, 0.3) is 0 Å².